The Morgan fingerprint density at radius 3 is 2.60 bits per heavy atom. The van der Waals surface area contributed by atoms with Gasteiger partial charge in [0.2, 0.25) is 5.88 Å². The molecule has 0 aliphatic carbocycles. The summed E-state index contributed by atoms with van der Waals surface area (Å²) in [4.78, 5) is 20.5. The van der Waals surface area contributed by atoms with Gasteiger partial charge in [-0.05, 0) is 51.3 Å². The van der Waals surface area contributed by atoms with Crippen LogP contribution in [-0.4, -0.2) is 32.6 Å². The van der Waals surface area contributed by atoms with Crippen LogP contribution in [0.1, 0.15) is 30.7 Å². The number of fused-ring (bicyclic) bond motifs is 1. The molecular formula is C27H27N5O2S. The fourth-order valence-corrected chi connectivity index (χ4v) is 4.69. The molecule has 35 heavy (non-hydrogen) atoms. The first-order valence-electron chi connectivity index (χ1n) is 11.7. The smallest absolute Gasteiger partial charge is 0.232 e. The maximum Gasteiger partial charge on any atom is 0.232 e. The van der Waals surface area contributed by atoms with Gasteiger partial charge in [-0.3, -0.25) is 0 Å². The normalized spacial score (nSPS) is 11.3. The van der Waals surface area contributed by atoms with Crippen molar-refractivity contribution in [1.29, 1.82) is 0 Å². The summed E-state index contributed by atoms with van der Waals surface area (Å²) in [6.45, 7) is 6.85. The Morgan fingerprint density at radius 2 is 1.89 bits per heavy atom. The van der Waals surface area contributed by atoms with Crippen molar-refractivity contribution in [2.45, 2.75) is 39.7 Å². The minimum absolute atomic E-state index is 0.0807. The zero-order valence-electron chi connectivity index (χ0n) is 20.0. The number of furan rings is 1. The largest absolute Gasteiger partial charge is 0.474 e. The van der Waals surface area contributed by atoms with E-state index in [-0.39, 0.29) is 6.10 Å². The van der Waals surface area contributed by atoms with Crippen LogP contribution in [0, 0.1) is 6.92 Å². The fraction of sp³-hybridized carbons (Fsp3) is 0.259. The zero-order valence-corrected chi connectivity index (χ0v) is 20.8. The number of nitrogens with one attached hydrogen (secondary N) is 1. The summed E-state index contributed by atoms with van der Waals surface area (Å²) in [5, 5.41) is 4.59. The van der Waals surface area contributed by atoms with Crippen molar-refractivity contribution in [2.24, 2.45) is 0 Å². The van der Waals surface area contributed by atoms with E-state index in [2.05, 4.69) is 52.5 Å². The number of rotatable bonds is 9. The number of ether oxygens (including phenoxy) is 1. The van der Waals surface area contributed by atoms with E-state index in [0.29, 0.717) is 11.7 Å². The van der Waals surface area contributed by atoms with Gasteiger partial charge in [0, 0.05) is 17.0 Å². The molecule has 0 aliphatic heterocycles. The Labute approximate surface area is 208 Å². The second-order valence-corrected chi connectivity index (χ2v) is 9.85. The highest BCUT2D eigenvalue weighted by Crippen LogP contribution is 2.31. The van der Waals surface area contributed by atoms with Gasteiger partial charge in [0.15, 0.2) is 5.82 Å². The van der Waals surface area contributed by atoms with E-state index in [1.54, 1.807) is 36.3 Å². The molecule has 0 unspecified atom stereocenters. The summed E-state index contributed by atoms with van der Waals surface area (Å²) in [5.41, 5.74) is 4.04. The number of nitrogens with zero attached hydrogens (tertiary/aromatic N) is 4. The van der Waals surface area contributed by atoms with E-state index in [4.69, 9.17) is 19.1 Å². The number of anilines is 1. The van der Waals surface area contributed by atoms with Gasteiger partial charge in [-0.1, -0.05) is 24.3 Å². The van der Waals surface area contributed by atoms with Crippen molar-refractivity contribution < 1.29 is 9.15 Å². The molecule has 7 nitrogen and oxygen atoms in total. The lowest BCUT2D eigenvalue weighted by molar-refractivity contribution is 0.231. The van der Waals surface area contributed by atoms with E-state index >= 15 is 0 Å². The Hall–Kier alpha value is -3.78. The van der Waals surface area contributed by atoms with Crippen molar-refractivity contribution in [3.8, 4) is 28.5 Å². The molecule has 1 aromatic carbocycles. The first kappa shape index (κ1) is 23.0. The Balaban J connectivity index is 1.20. The zero-order chi connectivity index (χ0) is 24.2. The van der Waals surface area contributed by atoms with Crippen molar-refractivity contribution in [3.63, 3.8) is 0 Å². The van der Waals surface area contributed by atoms with Gasteiger partial charge in [-0.2, -0.15) is 0 Å². The van der Waals surface area contributed by atoms with E-state index in [9.17, 15) is 0 Å². The van der Waals surface area contributed by atoms with Crippen molar-refractivity contribution in [1.82, 2.24) is 19.9 Å². The molecule has 0 radical (unpaired) electrons. The lowest BCUT2D eigenvalue weighted by Crippen LogP contribution is -2.07. The number of thiophene rings is 1. The molecule has 0 atom stereocenters. The molecule has 0 amide bonds. The molecule has 4 heterocycles. The average molecular weight is 486 g/mol. The number of aryl methyl sites for hydroxylation is 2. The topological polar surface area (TPSA) is 86.0 Å². The van der Waals surface area contributed by atoms with Crippen LogP contribution in [0.4, 0.5) is 5.82 Å². The molecular weight excluding hydrogens is 458 g/mol. The molecule has 0 bridgehead atoms. The molecule has 0 fully saturated rings. The van der Waals surface area contributed by atoms with E-state index in [1.165, 1.54) is 10.4 Å². The van der Waals surface area contributed by atoms with Gasteiger partial charge >= 0.3 is 0 Å². The van der Waals surface area contributed by atoms with Crippen LogP contribution in [0.15, 0.2) is 65.7 Å². The van der Waals surface area contributed by atoms with Gasteiger partial charge in [-0.25, -0.2) is 19.9 Å². The van der Waals surface area contributed by atoms with Gasteiger partial charge in [0.1, 0.15) is 16.9 Å². The highest BCUT2D eigenvalue weighted by atomic mass is 32.1. The maximum absolute atomic E-state index is 5.57. The molecule has 0 aliphatic rings. The second-order valence-electron chi connectivity index (χ2n) is 8.62. The quantitative estimate of drug-likeness (QED) is 0.237. The highest BCUT2D eigenvalue weighted by molar-refractivity contribution is 7.18. The summed E-state index contributed by atoms with van der Waals surface area (Å²) in [6, 6.07) is 12.5. The van der Waals surface area contributed by atoms with E-state index in [1.807, 2.05) is 19.9 Å². The summed E-state index contributed by atoms with van der Waals surface area (Å²) in [5.74, 6) is 2.09. The van der Waals surface area contributed by atoms with Crippen LogP contribution < -0.4 is 10.1 Å². The number of hydrogen-bond acceptors (Lipinski definition) is 8. The average Bonchev–Trinajstić information content (AvgIpc) is 3.52. The minimum atomic E-state index is 0.0807. The minimum Gasteiger partial charge on any atom is -0.474 e. The monoisotopic (exact) mass is 485 g/mol. The molecule has 5 rings (SSSR count). The van der Waals surface area contributed by atoms with Crippen LogP contribution in [0.2, 0.25) is 0 Å². The highest BCUT2D eigenvalue weighted by Gasteiger charge is 2.12. The van der Waals surface area contributed by atoms with E-state index < -0.39 is 0 Å². The van der Waals surface area contributed by atoms with Gasteiger partial charge < -0.3 is 14.5 Å². The Kier molecular flexibility index (Phi) is 6.72. The van der Waals surface area contributed by atoms with Gasteiger partial charge in [-0.15, -0.1) is 11.3 Å². The number of hydrogen-bond donors (Lipinski definition) is 1. The third kappa shape index (κ3) is 5.49. The molecule has 8 heteroatoms. The van der Waals surface area contributed by atoms with Gasteiger partial charge in [0.05, 0.1) is 41.4 Å². The van der Waals surface area contributed by atoms with Crippen molar-refractivity contribution in [2.75, 3.05) is 11.9 Å². The Morgan fingerprint density at radius 1 is 1.03 bits per heavy atom. The van der Waals surface area contributed by atoms with Crippen molar-refractivity contribution >= 4 is 27.4 Å². The molecule has 5 aromatic rings. The predicted octanol–water partition coefficient (Wildman–Crippen LogP) is 6.55. The maximum atomic E-state index is 5.57. The van der Waals surface area contributed by atoms with Gasteiger partial charge in [0.25, 0.3) is 0 Å². The third-order valence-electron chi connectivity index (χ3n) is 5.46. The van der Waals surface area contributed by atoms with E-state index in [0.717, 1.165) is 52.2 Å². The molecule has 0 saturated heterocycles. The summed E-state index contributed by atoms with van der Waals surface area (Å²) >= 11 is 1.68. The molecule has 0 saturated carbocycles. The third-order valence-corrected chi connectivity index (χ3v) is 6.41. The van der Waals surface area contributed by atoms with Crippen LogP contribution in [-0.2, 0) is 6.42 Å². The molecule has 4 aromatic heterocycles. The van der Waals surface area contributed by atoms with Crippen LogP contribution in [0.3, 0.4) is 0 Å². The lowest BCUT2D eigenvalue weighted by atomic mass is 10.1. The first-order valence-corrected chi connectivity index (χ1v) is 12.5. The van der Waals surface area contributed by atoms with Crippen molar-refractivity contribution in [3.05, 3.63) is 71.8 Å². The SMILES string of the molecule is Cc1cc2c(NCCCc3ccc(-c4cnc(OC(C)C)cn4)cc3)nc(-c3ccoc3)nc2s1. The predicted molar refractivity (Wildman–Crippen MR) is 140 cm³/mol. The van der Waals surface area contributed by atoms with Crippen LogP contribution >= 0.6 is 11.3 Å². The summed E-state index contributed by atoms with van der Waals surface area (Å²) in [7, 11) is 0. The number of aromatic nitrogens is 4. The van der Waals surface area contributed by atoms with Crippen LogP contribution in [0.25, 0.3) is 32.9 Å². The standard InChI is InChI=1S/C27H27N5O2S/c1-17(2)34-24-15-29-23(14-30-24)20-8-6-19(7-9-20)5-4-11-28-26-22-13-18(3)35-27(22)32-25(31-26)21-10-12-33-16-21/h6-10,12-17H,4-5,11H2,1-3H3,(H,28,31,32). The molecule has 0 spiro atoms. The number of benzene rings is 1. The lowest BCUT2D eigenvalue weighted by Gasteiger charge is -2.09. The summed E-state index contributed by atoms with van der Waals surface area (Å²) < 4.78 is 10.8. The summed E-state index contributed by atoms with van der Waals surface area (Å²) in [6.07, 6.45) is 8.77. The molecule has 1 N–H and O–H groups in total. The molecule has 178 valence electrons. The van der Waals surface area contributed by atoms with Crippen LogP contribution in [0.5, 0.6) is 5.88 Å². The second kappa shape index (κ2) is 10.2. The first-order chi connectivity index (χ1) is 17.0. The fourth-order valence-electron chi connectivity index (χ4n) is 3.81. The Bertz CT molecular complexity index is 1390.